The zero-order chi connectivity index (χ0) is 26.9. The van der Waals surface area contributed by atoms with Gasteiger partial charge in [0.25, 0.3) is 5.91 Å². The number of rotatable bonds is 5. The zero-order valence-electron chi connectivity index (χ0n) is 21.9. The molecule has 4 rings (SSSR count). The molecule has 0 radical (unpaired) electrons. The molecule has 2 atom stereocenters. The highest BCUT2D eigenvalue weighted by Gasteiger charge is 2.36. The minimum atomic E-state index is -0.902. The van der Waals surface area contributed by atoms with Gasteiger partial charge in [-0.15, -0.1) is 0 Å². The summed E-state index contributed by atoms with van der Waals surface area (Å²) in [5, 5.41) is 5.73. The van der Waals surface area contributed by atoms with Crippen molar-refractivity contribution < 1.29 is 23.9 Å². The number of hydrogen-bond donors (Lipinski definition) is 2. The molecular formula is C29H36N4O5. The Morgan fingerprint density at radius 2 is 1.79 bits per heavy atom. The van der Waals surface area contributed by atoms with Crippen molar-refractivity contribution in [3.05, 3.63) is 65.7 Å². The molecule has 0 aliphatic carbocycles. The fourth-order valence-electron chi connectivity index (χ4n) is 4.95. The van der Waals surface area contributed by atoms with Gasteiger partial charge in [0.05, 0.1) is 12.1 Å². The van der Waals surface area contributed by atoms with E-state index in [0.29, 0.717) is 37.4 Å². The number of likely N-dealkylation sites (N-methyl/N-ethyl adjacent to an activating group) is 1. The predicted molar refractivity (Wildman–Crippen MR) is 143 cm³/mol. The van der Waals surface area contributed by atoms with Gasteiger partial charge in [-0.05, 0) is 49.8 Å². The molecule has 0 saturated carbocycles. The molecule has 202 valence electrons. The van der Waals surface area contributed by atoms with Crippen LogP contribution in [0.1, 0.15) is 48.0 Å². The molecule has 1 saturated heterocycles. The highest BCUT2D eigenvalue weighted by atomic mass is 16.5. The average molecular weight is 521 g/mol. The Labute approximate surface area is 223 Å². The van der Waals surface area contributed by atoms with E-state index in [2.05, 4.69) is 10.6 Å². The molecule has 0 spiro atoms. The minimum Gasteiger partial charge on any atom is -0.491 e. The van der Waals surface area contributed by atoms with Crippen molar-refractivity contribution in [2.45, 2.75) is 50.6 Å². The molecule has 9 heteroatoms. The van der Waals surface area contributed by atoms with E-state index < -0.39 is 18.0 Å². The lowest BCUT2D eigenvalue weighted by molar-refractivity contribution is -0.143. The van der Waals surface area contributed by atoms with Gasteiger partial charge in [0.1, 0.15) is 24.4 Å². The first-order chi connectivity index (χ1) is 18.4. The Morgan fingerprint density at radius 1 is 1.03 bits per heavy atom. The van der Waals surface area contributed by atoms with E-state index in [1.165, 1.54) is 5.56 Å². The summed E-state index contributed by atoms with van der Waals surface area (Å²) < 4.78 is 5.87. The first-order valence-electron chi connectivity index (χ1n) is 13.3. The molecule has 2 aromatic rings. The number of ether oxygens (including phenoxy) is 1. The molecule has 2 aliphatic heterocycles. The van der Waals surface area contributed by atoms with E-state index in [-0.39, 0.29) is 37.2 Å². The van der Waals surface area contributed by atoms with Crippen LogP contribution in [0.25, 0.3) is 0 Å². The van der Waals surface area contributed by atoms with Gasteiger partial charge in [-0.1, -0.05) is 42.5 Å². The van der Waals surface area contributed by atoms with E-state index >= 15 is 0 Å². The summed E-state index contributed by atoms with van der Waals surface area (Å²) >= 11 is 0. The number of para-hydroxylation sites is 1. The summed E-state index contributed by atoms with van der Waals surface area (Å²) in [6.45, 7) is 1.47. The monoisotopic (exact) mass is 520 g/mol. The second-order valence-electron chi connectivity index (χ2n) is 9.79. The number of nitrogens with one attached hydrogen (secondary N) is 2. The van der Waals surface area contributed by atoms with Crippen LogP contribution in [0.5, 0.6) is 5.75 Å². The summed E-state index contributed by atoms with van der Waals surface area (Å²) in [6, 6.07) is 15.4. The quantitative estimate of drug-likeness (QED) is 0.588. The smallest absolute Gasteiger partial charge is 0.255 e. The van der Waals surface area contributed by atoms with Crippen LogP contribution >= 0.6 is 0 Å². The van der Waals surface area contributed by atoms with Gasteiger partial charge in [-0.25, -0.2) is 0 Å². The number of carbonyl (C=O) groups is 4. The Bertz CT molecular complexity index is 1140. The van der Waals surface area contributed by atoms with Crippen LogP contribution in [0.15, 0.2) is 54.6 Å². The van der Waals surface area contributed by atoms with Crippen LogP contribution in [0.2, 0.25) is 0 Å². The van der Waals surface area contributed by atoms with Gasteiger partial charge >= 0.3 is 0 Å². The van der Waals surface area contributed by atoms with Crippen LogP contribution in [0.4, 0.5) is 0 Å². The minimum absolute atomic E-state index is 0.0496. The van der Waals surface area contributed by atoms with E-state index in [4.69, 9.17) is 4.74 Å². The molecule has 1 fully saturated rings. The number of carbonyl (C=O) groups excluding carboxylic acids is 4. The molecule has 38 heavy (non-hydrogen) atoms. The summed E-state index contributed by atoms with van der Waals surface area (Å²) in [5.74, 6) is -0.714. The number of benzene rings is 2. The second kappa shape index (κ2) is 13.1. The maximum Gasteiger partial charge on any atom is 0.255 e. The Balaban J connectivity index is 1.48. The summed E-state index contributed by atoms with van der Waals surface area (Å²) in [5.41, 5.74) is 1.48. The van der Waals surface area contributed by atoms with Gasteiger partial charge in [-0.2, -0.15) is 0 Å². The topological polar surface area (TPSA) is 108 Å². The molecule has 4 amide bonds. The van der Waals surface area contributed by atoms with E-state index in [1.54, 1.807) is 41.1 Å². The Hall–Kier alpha value is -3.88. The largest absolute Gasteiger partial charge is 0.491 e. The van der Waals surface area contributed by atoms with Gasteiger partial charge < -0.3 is 25.2 Å². The number of aryl methyl sites for hydroxylation is 1. The Morgan fingerprint density at radius 3 is 2.61 bits per heavy atom. The van der Waals surface area contributed by atoms with E-state index in [0.717, 1.165) is 19.3 Å². The van der Waals surface area contributed by atoms with Crippen LogP contribution in [-0.4, -0.2) is 78.8 Å². The second-order valence-corrected chi connectivity index (χ2v) is 9.79. The molecule has 2 aliphatic rings. The maximum absolute atomic E-state index is 13.2. The molecule has 0 unspecified atom stereocenters. The summed E-state index contributed by atoms with van der Waals surface area (Å²) in [6.07, 6.45) is 3.11. The average Bonchev–Trinajstić information content (AvgIpc) is 3.43. The number of fused-ring (bicyclic) bond motifs is 2. The normalized spacial score (nSPS) is 20.9. The van der Waals surface area contributed by atoms with Crippen molar-refractivity contribution in [1.82, 2.24) is 20.4 Å². The van der Waals surface area contributed by atoms with Crippen molar-refractivity contribution in [3.63, 3.8) is 0 Å². The lowest BCUT2D eigenvalue weighted by Gasteiger charge is -2.28. The third kappa shape index (κ3) is 6.90. The van der Waals surface area contributed by atoms with Crippen molar-refractivity contribution >= 4 is 23.6 Å². The van der Waals surface area contributed by atoms with Gasteiger partial charge in [0, 0.05) is 26.6 Å². The lowest BCUT2D eigenvalue weighted by atomic mass is 10.1. The number of nitrogens with zero attached hydrogens (tertiary/aromatic N) is 2. The highest BCUT2D eigenvalue weighted by Crippen LogP contribution is 2.22. The van der Waals surface area contributed by atoms with Crippen LogP contribution in [0, 0.1) is 0 Å². The van der Waals surface area contributed by atoms with Gasteiger partial charge in [0.2, 0.25) is 17.7 Å². The van der Waals surface area contributed by atoms with Gasteiger partial charge in [-0.3, -0.25) is 19.2 Å². The summed E-state index contributed by atoms with van der Waals surface area (Å²) in [7, 11) is 1.70. The van der Waals surface area contributed by atoms with E-state index in [1.807, 2.05) is 30.3 Å². The molecule has 2 aromatic carbocycles. The predicted octanol–water partition coefficient (Wildman–Crippen LogP) is 2.16. The Kier molecular flexibility index (Phi) is 9.35. The van der Waals surface area contributed by atoms with Crippen LogP contribution in [-0.2, 0) is 20.8 Å². The standard InChI is InChI=1S/C29H36N4O5/c1-32-19-20-38-25-14-6-5-12-22(25)27(35)31-23(15-16-26(34)33-18-8-13-24(33)29(32)37)28(36)30-17-7-11-21-9-3-2-4-10-21/h2-6,9-10,12,14,23-24H,7-8,11,13,15-20H2,1H3,(H,30,36)(H,31,35)/t23-,24-/m0/s1. The SMILES string of the molecule is CN1CCOc2ccccc2C(=O)N[C@H](C(=O)NCCCc2ccccc2)CCC(=O)N2CCC[C@H]2C1=O. The number of amides is 4. The van der Waals surface area contributed by atoms with Crippen LogP contribution < -0.4 is 15.4 Å². The first-order valence-corrected chi connectivity index (χ1v) is 13.3. The van der Waals surface area contributed by atoms with Crippen LogP contribution in [0.3, 0.4) is 0 Å². The highest BCUT2D eigenvalue weighted by molar-refractivity contribution is 5.99. The van der Waals surface area contributed by atoms with Crippen molar-refractivity contribution in [2.24, 2.45) is 0 Å². The van der Waals surface area contributed by atoms with E-state index in [9.17, 15) is 19.2 Å². The lowest BCUT2D eigenvalue weighted by Crippen LogP contribution is -2.49. The van der Waals surface area contributed by atoms with Gasteiger partial charge in [0.15, 0.2) is 0 Å². The molecular weight excluding hydrogens is 484 g/mol. The maximum atomic E-state index is 13.2. The molecule has 2 heterocycles. The summed E-state index contributed by atoms with van der Waals surface area (Å²) in [4.78, 5) is 55.8. The van der Waals surface area contributed by atoms with Crippen molar-refractivity contribution in [1.29, 1.82) is 0 Å². The molecule has 2 N–H and O–H groups in total. The third-order valence-electron chi connectivity index (χ3n) is 7.10. The van der Waals surface area contributed by atoms with Crippen molar-refractivity contribution in [2.75, 3.05) is 33.3 Å². The third-order valence-corrected chi connectivity index (χ3v) is 7.10. The zero-order valence-corrected chi connectivity index (χ0v) is 21.9. The molecule has 0 aromatic heterocycles. The molecule has 9 nitrogen and oxygen atoms in total. The molecule has 0 bridgehead atoms. The number of hydrogen-bond acceptors (Lipinski definition) is 5. The fourth-order valence-corrected chi connectivity index (χ4v) is 4.95. The van der Waals surface area contributed by atoms with Crippen molar-refractivity contribution in [3.8, 4) is 5.75 Å². The first kappa shape index (κ1) is 27.2. The fraction of sp³-hybridized carbons (Fsp3) is 0.448.